The summed E-state index contributed by atoms with van der Waals surface area (Å²) in [6, 6.07) is 31.3. The van der Waals surface area contributed by atoms with Crippen molar-refractivity contribution >= 4 is 22.9 Å². The Hall–Kier alpha value is -4.91. The molecule has 0 aliphatic carbocycles. The summed E-state index contributed by atoms with van der Waals surface area (Å²) in [6.07, 6.45) is 3.69. The molecule has 0 saturated heterocycles. The van der Waals surface area contributed by atoms with Crippen molar-refractivity contribution < 1.29 is 14.3 Å². The number of rotatable bonds is 10. The third-order valence-corrected chi connectivity index (χ3v) is 6.16. The third-order valence-electron chi connectivity index (χ3n) is 6.16. The van der Waals surface area contributed by atoms with Crippen LogP contribution >= 0.6 is 0 Å². The van der Waals surface area contributed by atoms with Crippen LogP contribution in [0.15, 0.2) is 108 Å². The molecule has 1 atom stereocenters. The minimum Gasteiger partial charge on any atom is -0.494 e. The number of aromatic nitrogens is 2. The van der Waals surface area contributed by atoms with Crippen molar-refractivity contribution in [2.75, 3.05) is 6.61 Å². The Labute approximate surface area is 227 Å². The average Bonchev–Trinajstić information content (AvgIpc) is 3.41. The summed E-state index contributed by atoms with van der Waals surface area (Å²) in [6.45, 7) is 4.45. The van der Waals surface area contributed by atoms with E-state index in [0.29, 0.717) is 12.4 Å². The SMILES string of the molecule is CCCOc1ccc(-c2nn(-c3ccccc3)cc2/C=N\NC(=O)[C@H](C)Oc2cccc3ccccc23)cc1. The molecule has 39 heavy (non-hydrogen) atoms. The number of carbonyl (C=O) groups excluding carboxylic acids is 1. The van der Waals surface area contributed by atoms with Crippen molar-refractivity contribution in [2.45, 2.75) is 26.4 Å². The average molecular weight is 519 g/mol. The Balaban J connectivity index is 1.34. The predicted octanol–water partition coefficient (Wildman–Crippen LogP) is 6.40. The minimum absolute atomic E-state index is 0.353. The van der Waals surface area contributed by atoms with Crippen LogP contribution in [-0.4, -0.2) is 34.6 Å². The Morgan fingerprint density at radius 2 is 1.72 bits per heavy atom. The van der Waals surface area contributed by atoms with Gasteiger partial charge in [0, 0.05) is 22.7 Å². The molecule has 7 nitrogen and oxygen atoms in total. The van der Waals surface area contributed by atoms with E-state index in [0.717, 1.165) is 45.5 Å². The lowest BCUT2D eigenvalue weighted by molar-refractivity contribution is -0.127. The number of hydrazone groups is 1. The summed E-state index contributed by atoms with van der Waals surface area (Å²) in [5.41, 5.74) is 5.93. The smallest absolute Gasteiger partial charge is 0.280 e. The fourth-order valence-electron chi connectivity index (χ4n) is 4.15. The highest BCUT2D eigenvalue weighted by Crippen LogP contribution is 2.27. The van der Waals surface area contributed by atoms with Gasteiger partial charge >= 0.3 is 0 Å². The van der Waals surface area contributed by atoms with Crippen molar-refractivity contribution in [3.8, 4) is 28.4 Å². The molecule has 0 spiro atoms. The molecule has 196 valence electrons. The number of fused-ring (bicyclic) bond motifs is 1. The molecule has 1 heterocycles. The van der Waals surface area contributed by atoms with Crippen LogP contribution in [0.4, 0.5) is 0 Å². The second-order valence-electron chi connectivity index (χ2n) is 9.06. The Morgan fingerprint density at radius 3 is 2.51 bits per heavy atom. The van der Waals surface area contributed by atoms with Gasteiger partial charge in [-0.15, -0.1) is 0 Å². The summed E-state index contributed by atoms with van der Waals surface area (Å²) in [5, 5.41) is 11.0. The fraction of sp³-hybridized carbons (Fsp3) is 0.156. The largest absolute Gasteiger partial charge is 0.494 e. The third kappa shape index (κ3) is 6.15. The van der Waals surface area contributed by atoms with Gasteiger partial charge < -0.3 is 9.47 Å². The van der Waals surface area contributed by atoms with Gasteiger partial charge in [0.05, 0.1) is 18.5 Å². The molecule has 0 saturated carbocycles. The summed E-state index contributed by atoms with van der Waals surface area (Å²) in [4.78, 5) is 12.8. The number of nitrogens with one attached hydrogen (secondary N) is 1. The van der Waals surface area contributed by atoms with Crippen molar-refractivity contribution in [1.82, 2.24) is 15.2 Å². The molecular formula is C32H30N4O3. The molecule has 4 aromatic carbocycles. The van der Waals surface area contributed by atoms with Crippen LogP contribution in [-0.2, 0) is 4.79 Å². The molecule has 0 aliphatic heterocycles. The van der Waals surface area contributed by atoms with Crippen LogP contribution in [0.2, 0.25) is 0 Å². The Bertz CT molecular complexity index is 1570. The number of nitrogens with zero attached hydrogens (tertiary/aromatic N) is 3. The molecular weight excluding hydrogens is 488 g/mol. The monoisotopic (exact) mass is 518 g/mol. The quantitative estimate of drug-likeness (QED) is 0.171. The van der Waals surface area contributed by atoms with Crippen LogP contribution < -0.4 is 14.9 Å². The van der Waals surface area contributed by atoms with Crippen molar-refractivity contribution in [1.29, 1.82) is 0 Å². The molecule has 5 rings (SSSR count). The fourth-order valence-corrected chi connectivity index (χ4v) is 4.15. The van der Waals surface area contributed by atoms with Crippen LogP contribution in [0.5, 0.6) is 11.5 Å². The summed E-state index contributed by atoms with van der Waals surface area (Å²) in [7, 11) is 0. The predicted molar refractivity (Wildman–Crippen MR) is 155 cm³/mol. The molecule has 5 aromatic rings. The van der Waals surface area contributed by atoms with Gasteiger partial charge in [0.2, 0.25) is 0 Å². The standard InChI is InChI=1S/C32H30N4O3/c1-3-20-38-28-18-16-25(17-19-28)31-26(22-36(35-31)27-12-5-4-6-13-27)21-33-34-32(37)23(2)39-30-15-9-11-24-10-7-8-14-29(24)30/h4-19,21-23H,3,20H2,1-2H3,(H,34,37)/b33-21-/t23-/m0/s1. The highest BCUT2D eigenvalue weighted by atomic mass is 16.5. The number of ether oxygens (including phenoxy) is 2. The molecule has 0 bridgehead atoms. The normalized spacial score (nSPS) is 11.9. The van der Waals surface area contributed by atoms with E-state index in [4.69, 9.17) is 14.6 Å². The molecule has 7 heteroatoms. The lowest BCUT2D eigenvalue weighted by atomic mass is 10.1. The van der Waals surface area contributed by atoms with Crippen LogP contribution in [0.25, 0.3) is 27.7 Å². The maximum absolute atomic E-state index is 12.8. The zero-order valence-corrected chi connectivity index (χ0v) is 22.0. The van der Waals surface area contributed by atoms with E-state index < -0.39 is 6.10 Å². The second kappa shape index (κ2) is 12.1. The summed E-state index contributed by atoms with van der Waals surface area (Å²) in [5.74, 6) is 1.11. The number of amides is 1. The van der Waals surface area contributed by atoms with Crippen LogP contribution in [0.1, 0.15) is 25.8 Å². The van der Waals surface area contributed by atoms with Crippen molar-refractivity contribution in [3.05, 3.63) is 109 Å². The van der Waals surface area contributed by atoms with Crippen LogP contribution in [0, 0.1) is 0 Å². The molecule has 1 aromatic heterocycles. The van der Waals surface area contributed by atoms with Gasteiger partial charge in [-0.05, 0) is 61.2 Å². The summed E-state index contributed by atoms with van der Waals surface area (Å²) >= 11 is 0. The lowest BCUT2D eigenvalue weighted by Gasteiger charge is -2.14. The van der Waals surface area contributed by atoms with Gasteiger partial charge in [0.15, 0.2) is 6.10 Å². The zero-order chi connectivity index (χ0) is 27.0. The van der Waals surface area contributed by atoms with Gasteiger partial charge in [-0.2, -0.15) is 10.2 Å². The van der Waals surface area contributed by atoms with E-state index in [1.807, 2.05) is 103 Å². The zero-order valence-electron chi connectivity index (χ0n) is 22.0. The first-order valence-electron chi connectivity index (χ1n) is 13.0. The topological polar surface area (TPSA) is 77.7 Å². The number of hydrogen-bond donors (Lipinski definition) is 1. The van der Waals surface area contributed by atoms with Crippen LogP contribution in [0.3, 0.4) is 0 Å². The number of carbonyl (C=O) groups is 1. The van der Waals surface area contributed by atoms with E-state index in [1.165, 1.54) is 0 Å². The lowest BCUT2D eigenvalue weighted by Crippen LogP contribution is -2.33. The first kappa shape index (κ1) is 25.7. The number of para-hydroxylation sites is 1. The molecule has 0 aliphatic rings. The Kier molecular flexibility index (Phi) is 7.98. The molecule has 0 unspecified atom stereocenters. The van der Waals surface area contributed by atoms with Gasteiger partial charge in [-0.3, -0.25) is 4.79 Å². The van der Waals surface area contributed by atoms with Gasteiger partial charge in [-0.25, -0.2) is 10.1 Å². The molecule has 1 N–H and O–H groups in total. The molecule has 0 radical (unpaired) electrons. The van der Waals surface area contributed by atoms with Gasteiger partial charge in [0.25, 0.3) is 5.91 Å². The number of hydrogen-bond acceptors (Lipinski definition) is 5. The van der Waals surface area contributed by atoms with E-state index in [-0.39, 0.29) is 5.91 Å². The van der Waals surface area contributed by atoms with Gasteiger partial charge in [-0.1, -0.05) is 61.5 Å². The molecule has 0 fully saturated rings. The highest BCUT2D eigenvalue weighted by molar-refractivity contribution is 5.91. The second-order valence-corrected chi connectivity index (χ2v) is 9.06. The van der Waals surface area contributed by atoms with Crippen molar-refractivity contribution in [3.63, 3.8) is 0 Å². The first-order valence-corrected chi connectivity index (χ1v) is 13.0. The van der Waals surface area contributed by atoms with E-state index in [2.05, 4.69) is 17.5 Å². The number of benzene rings is 4. The van der Waals surface area contributed by atoms with E-state index >= 15 is 0 Å². The van der Waals surface area contributed by atoms with Crippen molar-refractivity contribution in [2.24, 2.45) is 5.10 Å². The molecule has 1 amide bonds. The van der Waals surface area contributed by atoms with Gasteiger partial charge in [0.1, 0.15) is 17.2 Å². The highest BCUT2D eigenvalue weighted by Gasteiger charge is 2.16. The maximum atomic E-state index is 12.8. The minimum atomic E-state index is -0.741. The van der Waals surface area contributed by atoms with E-state index in [1.54, 1.807) is 17.8 Å². The summed E-state index contributed by atoms with van der Waals surface area (Å²) < 4.78 is 13.5. The maximum Gasteiger partial charge on any atom is 0.280 e. The Morgan fingerprint density at radius 1 is 0.974 bits per heavy atom. The first-order chi connectivity index (χ1) is 19.1. The van der Waals surface area contributed by atoms with E-state index in [9.17, 15) is 4.79 Å².